The summed E-state index contributed by atoms with van der Waals surface area (Å²) in [7, 11) is 2.00. The van der Waals surface area contributed by atoms with Gasteiger partial charge in [0.2, 0.25) is 0 Å². The van der Waals surface area contributed by atoms with Gasteiger partial charge in [-0.05, 0) is 23.8 Å². The molecule has 2 rings (SSSR count). The van der Waals surface area contributed by atoms with Gasteiger partial charge in [-0.15, -0.1) is 0 Å². The highest BCUT2D eigenvalue weighted by atomic mass is 79.9. The molecule has 0 saturated heterocycles. The maximum atomic E-state index is 5.74. The minimum absolute atomic E-state index is 0.389. The molecule has 1 heterocycles. The van der Waals surface area contributed by atoms with Gasteiger partial charge in [0.1, 0.15) is 4.99 Å². The van der Waals surface area contributed by atoms with Crippen molar-refractivity contribution in [1.29, 1.82) is 0 Å². The van der Waals surface area contributed by atoms with Crippen LogP contribution in [0.4, 0.5) is 5.69 Å². The van der Waals surface area contributed by atoms with Crippen molar-refractivity contribution >= 4 is 38.8 Å². The molecule has 0 unspecified atom stereocenters. The number of aromatic nitrogens is 1. The number of rotatable bonds is 4. The summed E-state index contributed by atoms with van der Waals surface area (Å²) in [5.74, 6) is 0. The largest absolute Gasteiger partial charge is 0.389 e. The zero-order valence-corrected chi connectivity index (χ0v) is 12.9. The molecule has 0 aliphatic carbocycles. The van der Waals surface area contributed by atoms with Crippen LogP contribution in [0.5, 0.6) is 0 Å². The quantitative estimate of drug-likeness (QED) is 0.871. The van der Waals surface area contributed by atoms with Crippen LogP contribution in [0.15, 0.2) is 47.2 Å². The Morgan fingerprint density at radius 3 is 2.63 bits per heavy atom. The van der Waals surface area contributed by atoms with Gasteiger partial charge in [0.05, 0.1) is 11.9 Å². The highest BCUT2D eigenvalue weighted by Gasteiger charge is 2.09. The van der Waals surface area contributed by atoms with E-state index in [4.69, 9.17) is 18.0 Å². The summed E-state index contributed by atoms with van der Waals surface area (Å²) in [4.78, 5) is 6.62. The van der Waals surface area contributed by atoms with Crippen LogP contribution in [-0.2, 0) is 6.54 Å². The van der Waals surface area contributed by atoms with Crippen LogP contribution in [-0.4, -0.2) is 17.0 Å². The number of hydrogen-bond acceptors (Lipinski definition) is 3. The summed E-state index contributed by atoms with van der Waals surface area (Å²) in [6.45, 7) is 0.772. The molecule has 98 valence electrons. The van der Waals surface area contributed by atoms with Gasteiger partial charge in [0.25, 0.3) is 0 Å². The molecule has 0 bridgehead atoms. The Kier molecular flexibility index (Phi) is 4.50. The standard InChI is InChI=1S/C14H14BrN3S/c1-18(9-10-2-4-11(15)5-3-10)13-8-17-7-6-12(13)14(16)19/h2-8H,9H2,1H3,(H2,16,19). The van der Waals surface area contributed by atoms with Gasteiger partial charge in [-0.3, -0.25) is 4.98 Å². The number of nitrogens with zero attached hydrogens (tertiary/aromatic N) is 2. The third-order valence-corrected chi connectivity index (χ3v) is 3.56. The molecule has 0 saturated carbocycles. The van der Waals surface area contributed by atoms with E-state index in [0.29, 0.717) is 4.99 Å². The lowest BCUT2D eigenvalue weighted by Gasteiger charge is -2.21. The van der Waals surface area contributed by atoms with Gasteiger partial charge < -0.3 is 10.6 Å². The molecule has 0 fully saturated rings. The predicted octanol–water partition coefficient (Wildman–Crippen LogP) is 3.11. The molecule has 1 aromatic carbocycles. The summed E-state index contributed by atoms with van der Waals surface area (Å²) in [6, 6.07) is 10.1. The Morgan fingerprint density at radius 2 is 2.00 bits per heavy atom. The van der Waals surface area contributed by atoms with Crippen molar-refractivity contribution < 1.29 is 0 Å². The fourth-order valence-electron chi connectivity index (χ4n) is 1.85. The van der Waals surface area contributed by atoms with Crippen LogP contribution >= 0.6 is 28.1 Å². The maximum Gasteiger partial charge on any atom is 0.106 e. The van der Waals surface area contributed by atoms with E-state index in [9.17, 15) is 0 Å². The van der Waals surface area contributed by atoms with Crippen molar-refractivity contribution in [3.63, 3.8) is 0 Å². The van der Waals surface area contributed by atoms with E-state index < -0.39 is 0 Å². The predicted molar refractivity (Wildman–Crippen MR) is 86.4 cm³/mol. The topological polar surface area (TPSA) is 42.2 Å². The van der Waals surface area contributed by atoms with E-state index in [1.807, 2.05) is 25.2 Å². The second-order valence-corrected chi connectivity index (χ2v) is 5.60. The Bertz CT molecular complexity index is 583. The third-order valence-electron chi connectivity index (χ3n) is 2.81. The highest BCUT2D eigenvalue weighted by molar-refractivity contribution is 9.10. The number of thiocarbonyl (C=S) groups is 1. The lowest BCUT2D eigenvalue weighted by atomic mass is 10.1. The number of benzene rings is 1. The second kappa shape index (κ2) is 6.12. The molecule has 5 heteroatoms. The fraction of sp³-hybridized carbons (Fsp3) is 0.143. The molecular formula is C14H14BrN3S. The SMILES string of the molecule is CN(Cc1ccc(Br)cc1)c1cnccc1C(N)=S. The van der Waals surface area contributed by atoms with Crippen molar-refractivity contribution in [1.82, 2.24) is 4.98 Å². The molecule has 0 aliphatic rings. The summed E-state index contributed by atoms with van der Waals surface area (Å²) in [6.07, 6.45) is 3.48. The Labute approximate surface area is 126 Å². The molecule has 3 nitrogen and oxygen atoms in total. The zero-order valence-electron chi connectivity index (χ0n) is 10.5. The number of pyridine rings is 1. The molecule has 19 heavy (non-hydrogen) atoms. The molecule has 0 spiro atoms. The van der Waals surface area contributed by atoms with Crippen molar-refractivity contribution in [2.75, 3.05) is 11.9 Å². The van der Waals surface area contributed by atoms with E-state index in [2.05, 4.69) is 37.9 Å². The first-order valence-electron chi connectivity index (χ1n) is 5.77. The van der Waals surface area contributed by atoms with Crippen LogP contribution in [0.2, 0.25) is 0 Å². The van der Waals surface area contributed by atoms with Crippen LogP contribution < -0.4 is 10.6 Å². The van der Waals surface area contributed by atoms with E-state index in [0.717, 1.165) is 22.3 Å². The first-order chi connectivity index (χ1) is 9.08. The maximum absolute atomic E-state index is 5.74. The zero-order chi connectivity index (χ0) is 13.8. The molecule has 2 N–H and O–H groups in total. The third kappa shape index (κ3) is 3.52. The molecule has 0 amide bonds. The van der Waals surface area contributed by atoms with Gasteiger partial charge in [-0.1, -0.05) is 40.3 Å². The van der Waals surface area contributed by atoms with Crippen LogP contribution in [0.1, 0.15) is 11.1 Å². The first kappa shape index (κ1) is 14.0. The summed E-state index contributed by atoms with van der Waals surface area (Å²) >= 11 is 8.50. The monoisotopic (exact) mass is 335 g/mol. The molecule has 0 aliphatic heterocycles. The first-order valence-corrected chi connectivity index (χ1v) is 6.97. The van der Waals surface area contributed by atoms with Crippen LogP contribution in [0.25, 0.3) is 0 Å². The molecular weight excluding hydrogens is 322 g/mol. The number of nitrogens with two attached hydrogens (primary N) is 1. The summed E-state index contributed by atoms with van der Waals surface area (Å²) < 4.78 is 1.07. The summed E-state index contributed by atoms with van der Waals surface area (Å²) in [5, 5.41) is 0. The van der Waals surface area contributed by atoms with Crippen LogP contribution in [0, 0.1) is 0 Å². The Morgan fingerprint density at radius 1 is 1.32 bits per heavy atom. The number of hydrogen-bond donors (Lipinski definition) is 1. The van der Waals surface area contributed by atoms with Gasteiger partial charge in [-0.2, -0.15) is 0 Å². The van der Waals surface area contributed by atoms with Crippen molar-refractivity contribution in [2.24, 2.45) is 5.73 Å². The average Bonchev–Trinajstić information content (AvgIpc) is 2.41. The lowest BCUT2D eigenvalue weighted by Crippen LogP contribution is -2.21. The minimum atomic E-state index is 0.389. The lowest BCUT2D eigenvalue weighted by molar-refractivity contribution is 0.916. The van der Waals surface area contributed by atoms with Crippen molar-refractivity contribution in [2.45, 2.75) is 6.54 Å². The second-order valence-electron chi connectivity index (χ2n) is 4.24. The molecule has 0 radical (unpaired) electrons. The van der Waals surface area contributed by atoms with E-state index >= 15 is 0 Å². The fourth-order valence-corrected chi connectivity index (χ4v) is 2.28. The van der Waals surface area contributed by atoms with Crippen molar-refractivity contribution in [3.05, 3.63) is 58.3 Å². The van der Waals surface area contributed by atoms with E-state index in [1.165, 1.54) is 5.56 Å². The Balaban J connectivity index is 2.22. The highest BCUT2D eigenvalue weighted by Crippen LogP contribution is 2.20. The van der Waals surface area contributed by atoms with E-state index in [-0.39, 0.29) is 0 Å². The normalized spacial score (nSPS) is 10.2. The van der Waals surface area contributed by atoms with Gasteiger partial charge in [-0.25, -0.2) is 0 Å². The average molecular weight is 336 g/mol. The number of anilines is 1. The smallest absolute Gasteiger partial charge is 0.106 e. The number of halogens is 1. The molecule has 0 atom stereocenters. The van der Waals surface area contributed by atoms with Gasteiger partial charge in [0, 0.05) is 29.8 Å². The Hall–Kier alpha value is -1.46. The molecule has 2 aromatic rings. The van der Waals surface area contributed by atoms with Gasteiger partial charge in [0.15, 0.2) is 0 Å². The van der Waals surface area contributed by atoms with E-state index in [1.54, 1.807) is 12.4 Å². The minimum Gasteiger partial charge on any atom is -0.389 e. The van der Waals surface area contributed by atoms with Gasteiger partial charge >= 0.3 is 0 Å². The molecule has 1 aromatic heterocycles. The van der Waals surface area contributed by atoms with Crippen LogP contribution in [0.3, 0.4) is 0 Å². The van der Waals surface area contributed by atoms with Crippen molar-refractivity contribution in [3.8, 4) is 0 Å². The summed E-state index contributed by atoms with van der Waals surface area (Å²) in [5.41, 5.74) is 8.74.